The van der Waals surface area contributed by atoms with Crippen LogP contribution in [0, 0.1) is 6.07 Å². The molecule has 0 spiro atoms. The van der Waals surface area contributed by atoms with E-state index in [1.807, 2.05) is 24.4 Å². The van der Waals surface area contributed by atoms with Gasteiger partial charge in [0.05, 0.1) is 5.69 Å². The van der Waals surface area contributed by atoms with Crippen LogP contribution in [0.1, 0.15) is 0 Å². The number of hydrogen-bond donors (Lipinski definition) is 1. The third-order valence-corrected chi connectivity index (χ3v) is 2.33. The quantitative estimate of drug-likeness (QED) is 0.646. The first-order valence-electron chi connectivity index (χ1n) is 4.70. The number of aromatic amines is 1. The molecule has 3 heteroatoms. The molecular weight excluding hydrogens is 186 g/mol. The minimum Gasteiger partial charge on any atom is -0.345 e. The minimum absolute atomic E-state index is 0.887. The van der Waals surface area contributed by atoms with Gasteiger partial charge in [-0.3, -0.25) is 4.98 Å². The van der Waals surface area contributed by atoms with Gasteiger partial charge in [0.2, 0.25) is 0 Å². The summed E-state index contributed by atoms with van der Waals surface area (Å²) in [7, 11) is 0. The lowest BCUT2D eigenvalue weighted by Crippen LogP contribution is -1.79. The van der Waals surface area contributed by atoms with Crippen molar-refractivity contribution in [3.05, 3.63) is 48.9 Å². The van der Waals surface area contributed by atoms with Crippen LogP contribution in [0.25, 0.3) is 22.3 Å². The second-order valence-corrected chi connectivity index (χ2v) is 3.24. The van der Waals surface area contributed by atoms with Crippen LogP contribution in [0.4, 0.5) is 0 Å². The highest BCUT2D eigenvalue weighted by Crippen LogP contribution is 2.24. The number of H-pyrrole nitrogens is 1. The molecule has 0 bridgehead atoms. The number of fused-ring (bicyclic) bond motifs is 1. The van der Waals surface area contributed by atoms with Crippen molar-refractivity contribution in [1.29, 1.82) is 0 Å². The van der Waals surface area contributed by atoms with Gasteiger partial charge in [0.25, 0.3) is 0 Å². The van der Waals surface area contributed by atoms with Crippen LogP contribution < -0.4 is 0 Å². The zero-order valence-corrected chi connectivity index (χ0v) is 7.94. The number of pyridine rings is 2. The number of nitrogens with one attached hydrogen (secondary N) is 1. The van der Waals surface area contributed by atoms with Crippen molar-refractivity contribution in [3.63, 3.8) is 0 Å². The van der Waals surface area contributed by atoms with Gasteiger partial charge < -0.3 is 4.98 Å². The van der Waals surface area contributed by atoms with E-state index in [1.165, 1.54) is 0 Å². The van der Waals surface area contributed by atoms with Crippen molar-refractivity contribution in [3.8, 4) is 11.3 Å². The Hall–Kier alpha value is -2.16. The highest BCUT2D eigenvalue weighted by atomic mass is 14.8. The SMILES string of the molecule is [c]1ccnc(-c2c[nH]c3ncccc23)c1. The van der Waals surface area contributed by atoms with E-state index in [0.717, 1.165) is 22.3 Å². The monoisotopic (exact) mass is 194 g/mol. The molecule has 0 aromatic carbocycles. The molecule has 1 N–H and O–H groups in total. The molecule has 0 aliphatic rings. The first-order chi connectivity index (χ1) is 7.45. The summed E-state index contributed by atoms with van der Waals surface area (Å²) in [6.45, 7) is 0. The molecular formula is C12H8N3. The van der Waals surface area contributed by atoms with Gasteiger partial charge in [-0.2, -0.15) is 0 Å². The maximum Gasteiger partial charge on any atom is 0.137 e. The highest BCUT2D eigenvalue weighted by molar-refractivity contribution is 5.92. The Morgan fingerprint density at radius 2 is 2.20 bits per heavy atom. The standard InChI is InChI=1S/C12H8N3/c1-2-6-13-11(5-1)10-8-15-12-9(10)4-3-7-14-12/h2-8H,(H,14,15). The normalized spacial score (nSPS) is 10.7. The Kier molecular flexibility index (Phi) is 1.75. The van der Waals surface area contributed by atoms with Gasteiger partial charge in [0.1, 0.15) is 5.65 Å². The van der Waals surface area contributed by atoms with Crippen LogP contribution in [-0.4, -0.2) is 15.0 Å². The Labute approximate surface area is 86.8 Å². The van der Waals surface area contributed by atoms with Crippen LogP contribution in [0.2, 0.25) is 0 Å². The van der Waals surface area contributed by atoms with Crippen LogP contribution >= 0.6 is 0 Å². The molecule has 3 heterocycles. The summed E-state index contributed by atoms with van der Waals surface area (Å²) in [6.07, 6.45) is 5.44. The zero-order valence-electron chi connectivity index (χ0n) is 7.94. The summed E-state index contributed by atoms with van der Waals surface area (Å²) in [5, 5.41) is 1.09. The lowest BCUT2D eigenvalue weighted by molar-refractivity contribution is 1.31. The van der Waals surface area contributed by atoms with E-state index in [1.54, 1.807) is 18.5 Å². The van der Waals surface area contributed by atoms with E-state index in [-0.39, 0.29) is 0 Å². The molecule has 3 rings (SSSR count). The molecule has 3 aromatic heterocycles. The molecule has 71 valence electrons. The molecule has 0 aliphatic carbocycles. The predicted octanol–water partition coefficient (Wildman–Crippen LogP) is 2.43. The van der Waals surface area contributed by atoms with E-state index < -0.39 is 0 Å². The molecule has 0 saturated carbocycles. The number of hydrogen-bond acceptors (Lipinski definition) is 2. The van der Waals surface area contributed by atoms with E-state index in [2.05, 4.69) is 21.0 Å². The molecule has 1 radical (unpaired) electrons. The molecule has 15 heavy (non-hydrogen) atoms. The number of aromatic nitrogens is 3. The van der Waals surface area contributed by atoms with Crippen molar-refractivity contribution in [1.82, 2.24) is 15.0 Å². The Morgan fingerprint density at radius 1 is 1.20 bits per heavy atom. The lowest BCUT2D eigenvalue weighted by atomic mass is 10.1. The van der Waals surface area contributed by atoms with Crippen LogP contribution in [0.15, 0.2) is 42.9 Å². The highest BCUT2D eigenvalue weighted by Gasteiger charge is 2.05. The molecule has 0 atom stereocenters. The van der Waals surface area contributed by atoms with E-state index in [0.29, 0.717) is 0 Å². The predicted molar refractivity (Wildman–Crippen MR) is 58.2 cm³/mol. The van der Waals surface area contributed by atoms with Crippen molar-refractivity contribution >= 4 is 11.0 Å². The Balaban J connectivity index is 2.28. The van der Waals surface area contributed by atoms with Gasteiger partial charge in [-0.15, -0.1) is 0 Å². The summed E-state index contributed by atoms with van der Waals surface area (Å²) in [5.74, 6) is 0. The first kappa shape index (κ1) is 8.17. The average molecular weight is 194 g/mol. The van der Waals surface area contributed by atoms with Gasteiger partial charge in [0, 0.05) is 29.5 Å². The summed E-state index contributed by atoms with van der Waals surface area (Å²) in [5.41, 5.74) is 2.87. The lowest BCUT2D eigenvalue weighted by Gasteiger charge is -1.96. The first-order valence-corrected chi connectivity index (χ1v) is 4.70. The molecule has 3 nitrogen and oxygen atoms in total. The zero-order chi connectivity index (χ0) is 10.1. The van der Waals surface area contributed by atoms with E-state index in [9.17, 15) is 0 Å². The summed E-state index contributed by atoms with van der Waals surface area (Å²) in [6, 6.07) is 10.6. The van der Waals surface area contributed by atoms with Crippen molar-refractivity contribution in [2.45, 2.75) is 0 Å². The van der Waals surface area contributed by atoms with Crippen LogP contribution in [0.3, 0.4) is 0 Å². The third-order valence-electron chi connectivity index (χ3n) is 2.33. The van der Waals surface area contributed by atoms with Crippen molar-refractivity contribution in [2.75, 3.05) is 0 Å². The smallest absolute Gasteiger partial charge is 0.137 e. The van der Waals surface area contributed by atoms with E-state index in [4.69, 9.17) is 0 Å². The summed E-state index contributed by atoms with van der Waals surface area (Å²) in [4.78, 5) is 11.6. The maximum atomic E-state index is 4.29. The molecule has 0 saturated heterocycles. The Bertz CT molecular complexity index is 584. The fourth-order valence-electron chi connectivity index (χ4n) is 1.64. The number of nitrogens with zero attached hydrogens (tertiary/aromatic N) is 2. The van der Waals surface area contributed by atoms with Gasteiger partial charge >= 0.3 is 0 Å². The number of rotatable bonds is 1. The van der Waals surface area contributed by atoms with Gasteiger partial charge in [-0.1, -0.05) is 0 Å². The molecule has 0 fully saturated rings. The van der Waals surface area contributed by atoms with Crippen molar-refractivity contribution < 1.29 is 0 Å². The van der Waals surface area contributed by atoms with Crippen LogP contribution in [-0.2, 0) is 0 Å². The van der Waals surface area contributed by atoms with Crippen LogP contribution in [0.5, 0.6) is 0 Å². The largest absolute Gasteiger partial charge is 0.345 e. The fraction of sp³-hybridized carbons (Fsp3) is 0. The Morgan fingerprint density at radius 3 is 3.07 bits per heavy atom. The maximum absolute atomic E-state index is 4.29. The molecule has 3 aromatic rings. The van der Waals surface area contributed by atoms with Gasteiger partial charge in [-0.25, -0.2) is 4.98 Å². The van der Waals surface area contributed by atoms with E-state index >= 15 is 0 Å². The second kappa shape index (κ2) is 3.20. The molecule has 0 amide bonds. The van der Waals surface area contributed by atoms with Gasteiger partial charge in [-0.05, 0) is 30.3 Å². The fourth-order valence-corrected chi connectivity index (χ4v) is 1.64. The topological polar surface area (TPSA) is 41.6 Å². The summed E-state index contributed by atoms with van der Waals surface area (Å²) < 4.78 is 0. The minimum atomic E-state index is 0.887. The molecule has 0 aliphatic heterocycles. The van der Waals surface area contributed by atoms with Crippen molar-refractivity contribution in [2.24, 2.45) is 0 Å². The third kappa shape index (κ3) is 1.29. The van der Waals surface area contributed by atoms with Gasteiger partial charge in [0.15, 0.2) is 0 Å². The summed E-state index contributed by atoms with van der Waals surface area (Å²) >= 11 is 0. The molecule has 0 unspecified atom stereocenters. The second-order valence-electron chi connectivity index (χ2n) is 3.24. The average Bonchev–Trinajstić information content (AvgIpc) is 2.74.